The number of aryl methyl sites for hydroxylation is 2. The van der Waals surface area contributed by atoms with E-state index in [4.69, 9.17) is 0 Å². The van der Waals surface area contributed by atoms with E-state index in [2.05, 4.69) is 20.6 Å². The van der Waals surface area contributed by atoms with Crippen LogP contribution in [0.25, 0.3) is 11.3 Å². The molecule has 0 atom stereocenters. The highest BCUT2D eigenvalue weighted by atomic mass is 16.1. The van der Waals surface area contributed by atoms with Crippen molar-refractivity contribution in [1.29, 1.82) is 0 Å². The minimum atomic E-state index is -0.108. The average Bonchev–Trinajstić information content (AvgIpc) is 3.24. The predicted octanol–water partition coefficient (Wildman–Crippen LogP) is 2.50. The molecule has 0 fully saturated rings. The summed E-state index contributed by atoms with van der Waals surface area (Å²) in [5.41, 5.74) is 4.39. The first-order chi connectivity index (χ1) is 13.1. The van der Waals surface area contributed by atoms with Gasteiger partial charge in [0.1, 0.15) is 5.82 Å². The molecule has 3 aromatic heterocycles. The van der Waals surface area contributed by atoms with Crippen molar-refractivity contribution < 1.29 is 4.79 Å². The van der Waals surface area contributed by atoms with Crippen LogP contribution in [0.2, 0.25) is 0 Å². The van der Waals surface area contributed by atoms with Crippen LogP contribution in [-0.2, 0) is 6.42 Å². The van der Waals surface area contributed by atoms with E-state index in [-0.39, 0.29) is 5.91 Å². The summed E-state index contributed by atoms with van der Waals surface area (Å²) in [5, 5.41) is 15.7. The standard InChI is InChI=1S/C20H20N6O/c1-14-13-15(2)26(24-14)17-8-6-16(7-9-17)20(27)21-11-10-19-23-22-18-5-3-4-12-25(18)19/h3-9,12-13H,10-11H2,1-2H3,(H,21,27). The fourth-order valence-electron chi connectivity index (χ4n) is 3.10. The van der Waals surface area contributed by atoms with Gasteiger partial charge in [-0.15, -0.1) is 10.2 Å². The topological polar surface area (TPSA) is 77.1 Å². The Balaban J connectivity index is 1.39. The van der Waals surface area contributed by atoms with E-state index in [1.807, 2.05) is 77.7 Å². The summed E-state index contributed by atoms with van der Waals surface area (Å²) in [6.07, 6.45) is 2.53. The summed E-state index contributed by atoms with van der Waals surface area (Å²) in [6, 6.07) is 15.2. The maximum Gasteiger partial charge on any atom is 0.251 e. The summed E-state index contributed by atoms with van der Waals surface area (Å²) in [4.78, 5) is 12.4. The lowest BCUT2D eigenvalue weighted by Gasteiger charge is -2.07. The van der Waals surface area contributed by atoms with Crippen LogP contribution in [0.4, 0.5) is 0 Å². The Morgan fingerprint density at radius 1 is 1.07 bits per heavy atom. The normalized spacial score (nSPS) is 11.0. The lowest BCUT2D eigenvalue weighted by atomic mass is 10.2. The molecule has 7 heteroatoms. The van der Waals surface area contributed by atoms with Gasteiger partial charge in [0.05, 0.1) is 11.4 Å². The molecule has 1 N–H and O–H groups in total. The molecule has 27 heavy (non-hydrogen) atoms. The highest BCUT2D eigenvalue weighted by Gasteiger charge is 2.09. The lowest BCUT2D eigenvalue weighted by molar-refractivity contribution is 0.0954. The second-order valence-electron chi connectivity index (χ2n) is 6.44. The summed E-state index contributed by atoms with van der Waals surface area (Å²) >= 11 is 0. The number of nitrogens with zero attached hydrogens (tertiary/aromatic N) is 5. The van der Waals surface area contributed by atoms with Crippen LogP contribution < -0.4 is 5.32 Å². The molecule has 4 rings (SSSR count). The van der Waals surface area contributed by atoms with Gasteiger partial charge < -0.3 is 5.32 Å². The van der Waals surface area contributed by atoms with Gasteiger partial charge in [-0.05, 0) is 56.3 Å². The Hall–Kier alpha value is -3.48. The summed E-state index contributed by atoms with van der Waals surface area (Å²) in [5.74, 6) is 0.717. The number of carbonyl (C=O) groups is 1. The highest BCUT2D eigenvalue weighted by molar-refractivity contribution is 5.94. The number of aromatic nitrogens is 5. The zero-order chi connectivity index (χ0) is 18.8. The van der Waals surface area contributed by atoms with Crippen molar-refractivity contribution in [3.05, 3.63) is 77.5 Å². The molecule has 0 saturated heterocycles. The molecule has 7 nitrogen and oxygen atoms in total. The Labute approximate surface area is 156 Å². The minimum absolute atomic E-state index is 0.108. The third-order valence-electron chi connectivity index (χ3n) is 4.40. The molecular formula is C20H20N6O. The molecule has 0 saturated carbocycles. The maximum atomic E-state index is 12.4. The van der Waals surface area contributed by atoms with Crippen molar-refractivity contribution in [2.75, 3.05) is 6.54 Å². The molecule has 136 valence electrons. The van der Waals surface area contributed by atoms with Gasteiger partial charge in [-0.25, -0.2) is 4.68 Å². The molecule has 0 radical (unpaired) electrons. The molecule has 0 bridgehead atoms. The fourth-order valence-corrected chi connectivity index (χ4v) is 3.10. The third-order valence-corrected chi connectivity index (χ3v) is 4.40. The van der Waals surface area contributed by atoms with Gasteiger partial charge in [0, 0.05) is 30.4 Å². The molecule has 0 aliphatic heterocycles. The van der Waals surface area contributed by atoms with Crippen LogP contribution in [0.15, 0.2) is 54.7 Å². The number of nitrogens with one attached hydrogen (secondary N) is 1. The van der Waals surface area contributed by atoms with Crippen molar-refractivity contribution in [3.8, 4) is 5.69 Å². The zero-order valence-corrected chi connectivity index (χ0v) is 15.3. The van der Waals surface area contributed by atoms with E-state index in [1.54, 1.807) is 0 Å². The average molecular weight is 360 g/mol. The van der Waals surface area contributed by atoms with Crippen LogP contribution in [0, 0.1) is 13.8 Å². The number of carbonyl (C=O) groups excluding carboxylic acids is 1. The van der Waals surface area contributed by atoms with E-state index < -0.39 is 0 Å². The fraction of sp³-hybridized carbons (Fsp3) is 0.200. The molecule has 0 unspecified atom stereocenters. The van der Waals surface area contributed by atoms with E-state index in [9.17, 15) is 4.79 Å². The first kappa shape index (κ1) is 17.0. The Morgan fingerprint density at radius 3 is 2.63 bits per heavy atom. The molecule has 0 spiro atoms. The van der Waals surface area contributed by atoms with Crippen molar-refractivity contribution in [3.63, 3.8) is 0 Å². The quantitative estimate of drug-likeness (QED) is 0.593. The summed E-state index contributed by atoms with van der Waals surface area (Å²) in [7, 11) is 0. The number of pyridine rings is 1. The van der Waals surface area contributed by atoms with Crippen LogP contribution >= 0.6 is 0 Å². The van der Waals surface area contributed by atoms with Gasteiger partial charge in [0.25, 0.3) is 5.91 Å². The highest BCUT2D eigenvalue weighted by Crippen LogP contribution is 2.13. The first-order valence-electron chi connectivity index (χ1n) is 8.82. The predicted molar refractivity (Wildman–Crippen MR) is 102 cm³/mol. The van der Waals surface area contributed by atoms with Gasteiger partial charge in [0.2, 0.25) is 0 Å². The third kappa shape index (κ3) is 3.44. The van der Waals surface area contributed by atoms with Crippen molar-refractivity contribution >= 4 is 11.6 Å². The maximum absolute atomic E-state index is 12.4. The number of amides is 1. The monoisotopic (exact) mass is 360 g/mol. The van der Waals surface area contributed by atoms with E-state index >= 15 is 0 Å². The first-order valence-corrected chi connectivity index (χ1v) is 8.82. The number of fused-ring (bicyclic) bond motifs is 1. The van der Waals surface area contributed by atoms with Gasteiger partial charge >= 0.3 is 0 Å². The van der Waals surface area contributed by atoms with Gasteiger partial charge in [-0.3, -0.25) is 9.20 Å². The van der Waals surface area contributed by atoms with Crippen LogP contribution in [0.5, 0.6) is 0 Å². The minimum Gasteiger partial charge on any atom is -0.352 e. The van der Waals surface area contributed by atoms with E-state index in [1.165, 1.54) is 0 Å². The molecular weight excluding hydrogens is 340 g/mol. The number of hydrogen-bond acceptors (Lipinski definition) is 4. The Morgan fingerprint density at radius 2 is 1.89 bits per heavy atom. The van der Waals surface area contributed by atoms with Gasteiger partial charge in [0.15, 0.2) is 5.65 Å². The van der Waals surface area contributed by atoms with Crippen molar-refractivity contribution in [2.45, 2.75) is 20.3 Å². The molecule has 1 amide bonds. The molecule has 4 aromatic rings. The van der Waals surface area contributed by atoms with Crippen LogP contribution in [0.1, 0.15) is 27.6 Å². The molecule has 3 heterocycles. The summed E-state index contributed by atoms with van der Waals surface area (Å²) in [6.45, 7) is 4.46. The zero-order valence-electron chi connectivity index (χ0n) is 15.3. The second kappa shape index (κ2) is 7.03. The summed E-state index contributed by atoms with van der Waals surface area (Å²) < 4.78 is 3.79. The SMILES string of the molecule is Cc1cc(C)n(-c2ccc(C(=O)NCCc3nnc4ccccn34)cc2)n1. The molecule has 0 aliphatic carbocycles. The largest absolute Gasteiger partial charge is 0.352 e. The molecule has 1 aromatic carbocycles. The van der Waals surface area contributed by atoms with Crippen LogP contribution in [-0.4, -0.2) is 36.8 Å². The van der Waals surface area contributed by atoms with Gasteiger partial charge in [-0.2, -0.15) is 5.10 Å². The number of benzene rings is 1. The van der Waals surface area contributed by atoms with Crippen molar-refractivity contribution in [1.82, 2.24) is 29.7 Å². The van der Waals surface area contributed by atoms with Gasteiger partial charge in [-0.1, -0.05) is 6.07 Å². The van der Waals surface area contributed by atoms with E-state index in [0.717, 1.165) is 28.5 Å². The van der Waals surface area contributed by atoms with Crippen molar-refractivity contribution in [2.24, 2.45) is 0 Å². The smallest absolute Gasteiger partial charge is 0.251 e. The Bertz CT molecular complexity index is 1090. The number of hydrogen-bond donors (Lipinski definition) is 1. The van der Waals surface area contributed by atoms with E-state index in [0.29, 0.717) is 18.5 Å². The second-order valence-corrected chi connectivity index (χ2v) is 6.44. The Kier molecular flexibility index (Phi) is 4.42. The molecule has 0 aliphatic rings. The number of rotatable bonds is 5. The van der Waals surface area contributed by atoms with Crippen LogP contribution in [0.3, 0.4) is 0 Å². The lowest BCUT2D eigenvalue weighted by Crippen LogP contribution is -2.26.